The van der Waals surface area contributed by atoms with E-state index >= 15 is 0 Å². The van der Waals surface area contributed by atoms with Crippen LogP contribution in [0.3, 0.4) is 0 Å². The van der Waals surface area contributed by atoms with E-state index in [0.717, 1.165) is 6.42 Å². The molecule has 0 saturated heterocycles. The van der Waals surface area contributed by atoms with Gasteiger partial charge in [-0.1, -0.05) is 71.1 Å². The fourth-order valence-electron chi connectivity index (χ4n) is 2.63. The van der Waals surface area contributed by atoms with Gasteiger partial charge >= 0.3 is 0 Å². The molecule has 0 aliphatic heterocycles. The van der Waals surface area contributed by atoms with Crippen LogP contribution in [0.25, 0.3) is 0 Å². The lowest BCUT2D eigenvalue weighted by molar-refractivity contribution is 0.529. The topological polar surface area (TPSA) is 38.9 Å². The quantitative estimate of drug-likeness (QED) is 0.520. The molecule has 0 saturated carbocycles. The fraction of sp³-hybridized carbons (Fsp3) is 0.722. The van der Waals surface area contributed by atoms with Crippen molar-refractivity contribution in [2.45, 2.75) is 83.6 Å². The summed E-state index contributed by atoms with van der Waals surface area (Å²) in [6, 6.07) is 4.24. The maximum Gasteiger partial charge on any atom is 0.0295 e. The molecule has 1 unspecified atom stereocenters. The van der Waals surface area contributed by atoms with Crippen LogP contribution < -0.4 is 5.73 Å². The van der Waals surface area contributed by atoms with Crippen LogP contribution >= 0.6 is 0 Å². The zero-order chi connectivity index (χ0) is 14.5. The van der Waals surface area contributed by atoms with Gasteiger partial charge in [0.2, 0.25) is 0 Å². The van der Waals surface area contributed by atoms with Gasteiger partial charge in [-0.2, -0.15) is 0 Å². The summed E-state index contributed by atoms with van der Waals surface area (Å²) in [6.45, 7) is 2.27. The Balaban J connectivity index is 1.90. The van der Waals surface area contributed by atoms with E-state index in [4.69, 9.17) is 5.73 Å². The van der Waals surface area contributed by atoms with Gasteiger partial charge in [-0.15, -0.1) is 0 Å². The molecule has 1 aromatic rings. The van der Waals surface area contributed by atoms with Gasteiger partial charge in [0.25, 0.3) is 0 Å². The predicted molar refractivity (Wildman–Crippen MR) is 87.6 cm³/mol. The monoisotopic (exact) mass is 276 g/mol. The van der Waals surface area contributed by atoms with Gasteiger partial charge in [0.1, 0.15) is 0 Å². The van der Waals surface area contributed by atoms with Crippen molar-refractivity contribution >= 4 is 0 Å². The molecule has 1 atom stereocenters. The van der Waals surface area contributed by atoms with Crippen LogP contribution in [0.1, 0.15) is 89.2 Å². The number of nitrogens with two attached hydrogens (primary N) is 1. The lowest BCUT2D eigenvalue weighted by Crippen LogP contribution is -2.09. The summed E-state index contributed by atoms with van der Waals surface area (Å²) in [5, 5.41) is 0. The molecule has 0 spiro atoms. The highest BCUT2D eigenvalue weighted by Crippen LogP contribution is 2.17. The van der Waals surface area contributed by atoms with Crippen molar-refractivity contribution in [2.24, 2.45) is 5.73 Å². The van der Waals surface area contributed by atoms with E-state index in [1.165, 1.54) is 69.8 Å². The molecule has 2 N–H and O–H groups in total. The Morgan fingerprint density at radius 3 is 1.90 bits per heavy atom. The summed E-state index contributed by atoms with van der Waals surface area (Å²) in [4.78, 5) is 4.03. The number of hydrogen-bond acceptors (Lipinski definition) is 2. The molecule has 0 aliphatic carbocycles. The third kappa shape index (κ3) is 8.31. The number of pyridine rings is 1. The highest BCUT2D eigenvalue weighted by Gasteiger charge is 2.04. The van der Waals surface area contributed by atoms with E-state index in [0.29, 0.717) is 0 Å². The number of rotatable bonds is 12. The van der Waals surface area contributed by atoms with E-state index in [-0.39, 0.29) is 6.04 Å². The largest absolute Gasteiger partial charge is 0.324 e. The molecule has 0 radical (unpaired) electrons. The molecular weight excluding hydrogens is 244 g/mol. The summed E-state index contributed by atoms with van der Waals surface area (Å²) < 4.78 is 0. The standard InChI is InChI=1S/C18H32N2/c1-2-3-4-5-6-7-8-9-10-11-12-18(19)17-13-15-20-16-14-17/h13-16,18H,2-12,19H2,1H3. The average molecular weight is 276 g/mol. The highest BCUT2D eigenvalue weighted by molar-refractivity contribution is 5.13. The molecule has 2 nitrogen and oxygen atoms in total. The van der Waals surface area contributed by atoms with Crippen molar-refractivity contribution in [3.63, 3.8) is 0 Å². The Kier molecular flexibility index (Phi) is 10.2. The fourth-order valence-corrected chi connectivity index (χ4v) is 2.63. The van der Waals surface area contributed by atoms with Crippen LogP contribution in [0, 0.1) is 0 Å². The molecule has 20 heavy (non-hydrogen) atoms. The van der Waals surface area contributed by atoms with Gasteiger partial charge in [0.15, 0.2) is 0 Å². The molecule has 0 amide bonds. The second-order valence-corrected chi connectivity index (χ2v) is 5.86. The first-order valence-corrected chi connectivity index (χ1v) is 8.50. The lowest BCUT2D eigenvalue weighted by atomic mass is 10.0. The van der Waals surface area contributed by atoms with Crippen molar-refractivity contribution in [3.8, 4) is 0 Å². The summed E-state index contributed by atoms with van der Waals surface area (Å²) in [7, 11) is 0. The van der Waals surface area contributed by atoms with E-state index in [2.05, 4.69) is 11.9 Å². The average Bonchev–Trinajstić information content (AvgIpc) is 2.50. The minimum atomic E-state index is 0.187. The summed E-state index contributed by atoms with van der Waals surface area (Å²) in [5.74, 6) is 0. The lowest BCUT2D eigenvalue weighted by Gasteiger charge is -2.11. The van der Waals surface area contributed by atoms with Crippen molar-refractivity contribution < 1.29 is 0 Å². The number of nitrogens with zero attached hydrogens (tertiary/aromatic N) is 1. The number of aromatic nitrogens is 1. The Morgan fingerprint density at radius 2 is 1.35 bits per heavy atom. The first-order valence-electron chi connectivity index (χ1n) is 8.50. The molecule has 114 valence electrons. The van der Waals surface area contributed by atoms with Crippen LogP contribution in [0.5, 0.6) is 0 Å². The smallest absolute Gasteiger partial charge is 0.0295 e. The predicted octanol–water partition coefficient (Wildman–Crippen LogP) is 5.39. The van der Waals surface area contributed by atoms with Crippen molar-refractivity contribution in [1.82, 2.24) is 4.98 Å². The normalized spacial score (nSPS) is 12.5. The maximum absolute atomic E-state index is 6.18. The summed E-state index contributed by atoms with van der Waals surface area (Å²) in [5.41, 5.74) is 7.39. The first kappa shape index (κ1) is 17.2. The van der Waals surface area contributed by atoms with E-state index in [1.54, 1.807) is 0 Å². The minimum absolute atomic E-state index is 0.187. The Labute approximate surface area is 125 Å². The van der Waals surface area contributed by atoms with E-state index < -0.39 is 0 Å². The Bertz CT molecular complexity index is 310. The number of hydrogen-bond donors (Lipinski definition) is 1. The van der Waals surface area contributed by atoms with Crippen molar-refractivity contribution in [2.75, 3.05) is 0 Å². The molecule has 2 heteroatoms. The maximum atomic E-state index is 6.18. The second kappa shape index (κ2) is 11.9. The molecule has 1 aromatic heterocycles. The van der Waals surface area contributed by atoms with Gasteiger partial charge in [0.05, 0.1) is 0 Å². The summed E-state index contributed by atoms with van der Waals surface area (Å²) >= 11 is 0. The molecular formula is C18H32N2. The van der Waals surface area contributed by atoms with Crippen LogP contribution in [0.2, 0.25) is 0 Å². The van der Waals surface area contributed by atoms with Crippen molar-refractivity contribution in [1.29, 1.82) is 0 Å². The second-order valence-electron chi connectivity index (χ2n) is 5.86. The van der Waals surface area contributed by atoms with Crippen LogP contribution in [0.15, 0.2) is 24.5 Å². The molecule has 0 bridgehead atoms. The molecule has 0 aromatic carbocycles. The third-order valence-corrected chi connectivity index (χ3v) is 4.00. The molecule has 1 heterocycles. The third-order valence-electron chi connectivity index (χ3n) is 4.00. The first-order chi connectivity index (χ1) is 9.84. The zero-order valence-electron chi connectivity index (χ0n) is 13.2. The van der Waals surface area contributed by atoms with Crippen LogP contribution in [-0.4, -0.2) is 4.98 Å². The Hall–Kier alpha value is -0.890. The van der Waals surface area contributed by atoms with Crippen molar-refractivity contribution in [3.05, 3.63) is 30.1 Å². The number of unbranched alkanes of at least 4 members (excludes halogenated alkanes) is 9. The van der Waals surface area contributed by atoms with Gasteiger partial charge < -0.3 is 5.73 Å². The zero-order valence-corrected chi connectivity index (χ0v) is 13.2. The SMILES string of the molecule is CCCCCCCCCCCCC(N)c1ccncc1. The van der Waals surface area contributed by atoms with Gasteiger partial charge in [-0.3, -0.25) is 4.98 Å². The molecule has 0 fully saturated rings. The van der Waals surface area contributed by atoms with E-state index in [9.17, 15) is 0 Å². The van der Waals surface area contributed by atoms with Gasteiger partial charge in [-0.25, -0.2) is 0 Å². The minimum Gasteiger partial charge on any atom is -0.324 e. The van der Waals surface area contributed by atoms with Gasteiger partial charge in [-0.05, 0) is 24.1 Å². The van der Waals surface area contributed by atoms with Crippen LogP contribution in [-0.2, 0) is 0 Å². The molecule has 0 aliphatic rings. The van der Waals surface area contributed by atoms with E-state index in [1.807, 2.05) is 24.5 Å². The Morgan fingerprint density at radius 1 is 0.850 bits per heavy atom. The van der Waals surface area contributed by atoms with Crippen LogP contribution in [0.4, 0.5) is 0 Å². The van der Waals surface area contributed by atoms with Gasteiger partial charge in [0, 0.05) is 18.4 Å². The highest BCUT2D eigenvalue weighted by atomic mass is 14.6. The molecule has 1 rings (SSSR count). The summed E-state index contributed by atoms with van der Waals surface area (Å²) in [6.07, 6.45) is 18.6.